The summed E-state index contributed by atoms with van der Waals surface area (Å²) in [6, 6.07) is 11.2. The first-order chi connectivity index (χ1) is 14.5. The molecule has 7 nitrogen and oxygen atoms in total. The van der Waals surface area contributed by atoms with E-state index in [0.29, 0.717) is 24.1 Å². The standard InChI is InChI=1S/C23H34N4O3/c1-6-29-21(17(2)3)13-14-25-23(24-4)27-16-18-7-12-22(26-15-18)30-20-10-8-19(28-5)9-11-20/h7-12,15,17,21H,6,13-14,16H2,1-5H3,(H2,24,25,27). The molecule has 1 heterocycles. The molecule has 1 aromatic carbocycles. The van der Waals surface area contributed by atoms with Crippen LogP contribution in [-0.4, -0.2) is 44.4 Å². The minimum Gasteiger partial charge on any atom is -0.497 e. The highest BCUT2D eigenvalue weighted by Gasteiger charge is 2.13. The second kappa shape index (κ2) is 12.7. The monoisotopic (exact) mass is 414 g/mol. The van der Waals surface area contributed by atoms with Crippen LogP contribution >= 0.6 is 0 Å². The van der Waals surface area contributed by atoms with Crippen molar-refractivity contribution in [3.63, 3.8) is 0 Å². The maximum atomic E-state index is 5.79. The molecule has 0 amide bonds. The molecule has 2 rings (SSSR count). The Morgan fingerprint density at radius 3 is 2.37 bits per heavy atom. The van der Waals surface area contributed by atoms with Crippen molar-refractivity contribution in [2.24, 2.45) is 10.9 Å². The Morgan fingerprint density at radius 2 is 1.80 bits per heavy atom. The van der Waals surface area contributed by atoms with E-state index in [9.17, 15) is 0 Å². The Bertz CT molecular complexity index is 761. The van der Waals surface area contributed by atoms with Gasteiger partial charge in [0.15, 0.2) is 5.96 Å². The first kappa shape index (κ1) is 23.5. The quantitative estimate of drug-likeness (QED) is 0.428. The summed E-state index contributed by atoms with van der Waals surface area (Å²) >= 11 is 0. The molecule has 0 aliphatic carbocycles. The van der Waals surface area contributed by atoms with Gasteiger partial charge in [0.1, 0.15) is 11.5 Å². The molecule has 2 N–H and O–H groups in total. The number of benzene rings is 1. The number of pyridine rings is 1. The van der Waals surface area contributed by atoms with E-state index in [1.165, 1.54) is 0 Å². The van der Waals surface area contributed by atoms with E-state index in [-0.39, 0.29) is 6.10 Å². The topological polar surface area (TPSA) is 77.0 Å². The van der Waals surface area contributed by atoms with Gasteiger partial charge in [0.05, 0.1) is 13.2 Å². The van der Waals surface area contributed by atoms with Gasteiger partial charge >= 0.3 is 0 Å². The summed E-state index contributed by atoms with van der Waals surface area (Å²) in [5, 5.41) is 6.65. The molecule has 0 bridgehead atoms. The van der Waals surface area contributed by atoms with Crippen molar-refractivity contribution in [3.05, 3.63) is 48.2 Å². The van der Waals surface area contributed by atoms with Crippen LogP contribution in [0, 0.1) is 5.92 Å². The fraction of sp³-hybridized carbons (Fsp3) is 0.478. The van der Waals surface area contributed by atoms with E-state index in [1.54, 1.807) is 20.4 Å². The zero-order chi connectivity index (χ0) is 21.8. The third-order valence-electron chi connectivity index (χ3n) is 4.61. The van der Waals surface area contributed by atoms with Crippen LogP contribution in [0.25, 0.3) is 0 Å². The Morgan fingerprint density at radius 1 is 1.07 bits per heavy atom. The molecule has 0 saturated heterocycles. The van der Waals surface area contributed by atoms with Crippen LogP contribution in [0.1, 0.15) is 32.8 Å². The highest BCUT2D eigenvalue weighted by Crippen LogP contribution is 2.22. The number of aliphatic imine (C=N–C) groups is 1. The summed E-state index contributed by atoms with van der Waals surface area (Å²) in [5.41, 5.74) is 1.04. The van der Waals surface area contributed by atoms with Crippen LogP contribution in [-0.2, 0) is 11.3 Å². The zero-order valence-electron chi connectivity index (χ0n) is 18.6. The van der Waals surface area contributed by atoms with E-state index in [2.05, 4.69) is 34.5 Å². The third kappa shape index (κ3) is 7.91. The Kier molecular flexibility index (Phi) is 9.94. The molecule has 7 heteroatoms. The minimum absolute atomic E-state index is 0.253. The predicted octanol–water partition coefficient (Wildman–Crippen LogP) is 4.00. The number of hydrogen-bond donors (Lipinski definition) is 2. The lowest BCUT2D eigenvalue weighted by Gasteiger charge is -2.21. The molecule has 0 aliphatic heterocycles. The number of ether oxygens (including phenoxy) is 3. The largest absolute Gasteiger partial charge is 0.497 e. The van der Waals surface area contributed by atoms with Crippen molar-refractivity contribution in [2.75, 3.05) is 27.3 Å². The fourth-order valence-corrected chi connectivity index (χ4v) is 2.90. The number of nitrogens with one attached hydrogen (secondary N) is 2. The summed E-state index contributed by atoms with van der Waals surface area (Å²) in [5.74, 6) is 3.29. The van der Waals surface area contributed by atoms with Gasteiger partial charge in [0, 0.05) is 39.0 Å². The van der Waals surface area contributed by atoms with E-state index < -0.39 is 0 Å². The Balaban J connectivity index is 1.78. The Hall–Kier alpha value is -2.80. The van der Waals surface area contributed by atoms with Gasteiger partial charge in [-0.15, -0.1) is 0 Å². The summed E-state index contributed by atoms with van der Waals surface area (Å²) < 4.78 is 16.7. The van der Waals surface area contributed by atoms with Crippen molar-refractivity contribution in [1.82, 2.24) is 15.6 Å². The number of rotatable bonds is 11. The molecule has 1 atom stereocenters. The van der Waals surface area contributed by atoms with E-state index in [4.69, 9.17) is 14.2 Å². The first-order valence-corrected chi connectivity index (χ1v) is 10.4. The van der Waals surface area contributed by atoms with Crippen LogP contribution in [0.4, 0.5) is 0 Å². The highest BCUT2D eigenvalue weighted by atomic mass is 16.5. The third-order valence-corrected chi connectivity index (χ3v) is 4.61. The van der Waals surface area contributed by atoms with Gasteiger partial charge < -0.3 is 24.8 Å². The molecule has 0 aliphatic rings. The lowest BCUT2D eigenvalue weighted by molar-refractivity contribution is 0.0258. The molecular weight excluding hydrogens is 380 g/mol. The van der Waals surface area contributed by atoms with Gasteiger partial charge in [0.2, 0.25) is 5.88 Å². The Labute approximate surface area is 179 Å². The van der Waals surface area contributed by atoms with Crippen molar-refractivity contribution < 1.29 is 14.2 Å². The molecule has 0 saturated carbocycles. The van der Waals surface area contributed by atoms with Crippen LogP contribution in [0.15, 0.2) is 47.6 Å². The molecule has 0 fully saturated rings. The molecule has 164 valence electrons. The van der Waals surface area contributed by atoms with Gasteiger partial charge in [-0.25, -0.2) is 4.98 Å². The van der Waals surface area contributed by atoms with Crippen molar-refractivity contribution in [2.45, 2.75) is 39.8 Å². The average Bonchev–Trinajstić information content (AvgIpc) is 2.76. The molecule has 1 aromatic heterocycles. The van der Waals surface area contributed by atoms with Crippen molar-refractivity contribution in [1.29, 1.82) is 0 Å². The molecule has 2 aromatic rings. The van der Waals surface area contributed by atoms with Gasteiger partial charge in [-0.3, -0.25) is 4.99 Å². The minimum atomic E-state index is 0.253. The van der Waals surface area contributed by atoms with Crippen molar-refractivity contribution >= 4 is 5.96 Å². The maximum Gasteiger partial charge on any atom is 0.219 e. The van der Waals surface area contributed by atoms with Gasteiger partial charge in [-0.05, 0) is 49.1 Å². The number of hydrogen-bond acceptors (Lipinski definition) is 5. The molecule has 30 heavy (non-hydrogen) atoms. The summed E-state index contributed by atoms with van der Waals surface area (Å²) in [6.45, 7) is 8.56. The van der Waals surface area contributed by atoms with Gasteiger partial charge in [-0.1, -0.05) is 19.9 Å². The summed E-state index contributed by atoms with van der Waals surface area (Å²) in [4.78, 5) is 8.65. The molecule has 0 spiro atoms. The van der Waals surface area contributed by atoms with Crippen LogP contribution in [0.5, 0.6) is 17.4 Å². The van der Waals surface area contributed by atoms with Crippen LogP contribution in [0.3, 0.4) is 0 Å². The second-order valence-corrected chi connectivity index (χ2v) is 7.16. The number of aromatic nitrogens is 1. The maximum absolute atomic E-state index is 5.79. The number of guanidine groups is 1. The van der Waals surface area contributed by atoms with Gasteiger partial charge in [0.25, 0.3) is 0 Å². The summed E-state index contributed by atoms with van der Waals surface area (Å²) in [7, 11) is 3.40. The molecular formula is C23H34N4O3. The normalized spacial score (nSPS) is 12.5. The van der Waals surface area contributed by atoms with Crippen LogP contribution in [0.2, 0.25) is 0 Å². The van der Waals surface area contributed by atoms with Crippen molar-refractivity contribution in [3.8, 4) is 17.4 Å². The van der Waals surface area contributed by atoms with Crippen LogP contribution < -0.4 is 20.1 Å². The fourth-order valence-electron chi connectivity index (χ4n) is 2.90. The molecule has 0 radical (unpaired) electrons. The van der Waals surface area contributed by atoms with E-state index in [0.717, 1.165) is 36.8 Å². The highest BCUT2D eigenvalue weighted by molar-refractivity contribution is 5.79. The van der Waals surface area contributed by atoms with E-state index >= 15 is 0 Å². The number of nitrogens with zero attached hydrogens (tertiary/aromatic N) is 2. The lowest BCUT2D eigenvalue weighted by atomic mass is 10.0. The average molecular weight is 415 g/mol. The second-order valence-electron chi connectivity index (χ2n) is 7.16. The lowest BCUT2D eigenvalue weighted by Crippen LogP contribution is -2.38. The van der Waals surface area contributed by atoms with E-state index in [1.807, 2.05) is 43.3 Å². The SMILES string of the molecule is CCOC(CCNC(=NC)NCc1ccc(Oc2ccc(OC)cc2)nc1)C(C)C. The predicted molar refractivity (Wildman–Crippen MR) is 120 cm³/mol. The van der Waals surface area contributed by atoms with Gasteiger partial charge in [-0.2, -0.15) is 0 Å². The number of methoxy groups -OCH3 is 1. The molecule has 1 unspecified atom stereocenters. The first-order valence-electron chi connectivity index (χ1n) is 10.4. The smallest absolute Gasteiger partial charge is 0.219 e. The summed E-state index contributed by atoms with van der Waals surface area (Å²) in [6.07, 6.45) is 2.98. The zero-order valence-corrected chi connectivity index (χ0v) is 18.6.